The summed E-state index contributed by atoms with van der Waals surface area (Å²) >= 11 is 6.03. The molecule has 1 saturated heterocycles. The zero-order chi connectivity index (χ0) is 15.5. The zero-order valence-electron chi connectivity index (χ0n) is 12.8. The Morgan fingerprint density at radius 2 is 2.32 bits per heavy atom. The number of aliphatic hydroxyl groups excluding tert-OH is 1. The molecule has 0 aliphatic carbocycles. The van der Waals surface area contributed by atoms with E-state index in [1.807, 2.05) is 31.2 Å². The molecule has 1 aromatic heterocycles. The van der Waals surface area contributed by atoms with Gasteiger partial charge in [0.2, 0.25) is 5.89 Å². The number of piperidine rings is 1. The molecule has 0 unspecified atom stereocenters. The highest BCUT2D eigenvalue weighted by Gasteiger charge is 2.21. The fourth-order valence-corrected chi connectivity index (χ4v) is 3.17. The van der Waals surface area contributed by atoms with Gasteiger partial charge in [0.05, 0.1) is 5.69 Å². The molecule has 0 spiro atoms. The number of aromatic nitrogens is 1. The van der Waals surface area contributed by atoms with Crippen molar-refractivity contribution in [3.8, 4) is 11.5 Å². The monoisotopic (exact) mass is 320 g/mol. The normalized spacial score (nSPS) is 19.5. The Bertz CT molecular complexity index is 641. The zero-order valence-corrected chi connectivity index (χ0v) is 13.5. The van der Waals surface area contributed by atoms with Crippen molar-refractivity contribution in [2.75, 3.05) is 19.7 Å². The van der Waals surface area contributed by atoms with Crippen molar-refractivity contribution in [3.63, 3.8) is 0 Å². The average Bonchev–Trinajstić information content (AvgIpc) is 2.89. The number of benzene rings is 1. The van der Waals surface area contributed by atoms with Crippen molar-refractivity contribution in [3.05, 3.63) is 40.7 Å². The lowest BCUT2D eigenvalue weighted by Gasteiger charge is -2.31. The molecule has 4 nitrogen and oxygen atoms in total. The molecule has 1 aliphatic heterocycles. The van der Waals surface area contributed by atoms with E-state index in [2.05, 4.69) is 9.88 Å². The van der Waals surface area contributed by atoms with Gasteiger partial charge >= 0.3 is 0 Å². The second kappa shape index (κ2) is 6.82. The molecule has 3 rings (SSSR count). The summed E-state index contributed by atoms with van der Waals surface area (Å²) in [6.07, 6.45) is 2.24. The highest BCUT2D eigenvalue weighted by atomic mass is 35.5. The average molecular weight is 321 g/mol. The first-order chi connectivity index (χ1) is 10.7. The van der Waals surface area contributed by atoms with Crippen LogP contribution < -0.4 is 0 Å². The Balaban J connectivity index is 1.75. The minimum atomic E-state index is 0.266. The van der Waals surface area contributed by atoms with Crippen LogP contribution in [0.4, 0.5) is 0 Å². The summed E-state index contributed by atoms with van der Waals surface area (Å²) in [5, 5.41) is 10.0. The fraction of sp³-hybridized carbons (Fsp3) is 0.471. The fourth-order valence-electron chi connectivity index (χ4n) is 2.98. The lowest BCUT2D eigenvalue weighted by atomic mass is 9.99. The van der Waals surface area contributed by atoms with Crippen LogP contribution in [0.5, 0.6) is 0 Å². The van der Waals surface area contributed by atoms with Crippen LogP contribution in [0.25, 0.3) is 11.5 Å². The quantitative estimate of drug-likeness (QED) is 0.936. The molecule has 0 saturated carbocycles. The molecule has 1 N–H and O–H groups in total. The summed E-state index contributed by atoms with van der Waals surface area (Å²) in [7, 11) is 0. The predicted molar refractivity (Wildman–Crippen MR) is 86.8 cm³/mol. The van der Waals surface area contributed by atoms with Crippen LogP contribution in [-0.4, -0.2) is 34.7 Å². The van der Waals surface area contributed by atoms with Crippen molar-refractivity contribution in [2.45, 2.75) is 26.3 Å². The van der Waals surface area contributed by atoms with Gasteiger partial charge in [-0.15, -0.1) is 0 Å². The maximum absolute atomic E-state index is 9.33. The van der Waals surface area contributed by atoms with Crippen LogP contribution in [-0.2, 0) is 6.54 Å². The molecule has 5 heteroatoms. The molecule has 1 fully saturated rings. The van der Waals surface area contributed by atoms with E-state index in [1.54, 1.807) is 0 Å². The minimum Gasteiger partial charge on any atom is -0.441 e. The first-order valence-electron chi connectivity index (χ1n) is 7.71. The van der Waals surface area contributed by atoms with E-state index in [9.17, 15) is 5.11 Å². The highest BCUT2D eigenvalue weighted by molar-refractivity contribution is 6.30. The minimum absolute atomic E-state index is 0.266. The van der Waals surface area contributed by atoms with E-state index in [1.165, 1.54) is 0 Å². The van der Waals surface area contributed by atoms with Crippen molar-refractivity contribution in [1.29, 1.82) is 0 Å². The first kappa shape index (κ1) is 15.5. The Morgan fingerprint density at radius 3 is 3.09 bits per heavy atom. The van der Waals surface area contributed by atoms with Crippen LogP contribution in [0.3, 0.4) is 0 Å². The van der Waals surface area contributed by atoms with Crippen LogP contribution in [0, 0.1) is 12.8 Å². The summed E-state index contributed by atoms with van der Waals surface area (Å²) in [6.45, 7) is 4.96. The molecule has 1 aliphatic rings. The lowest BCUT2D eigenvalue weighted by Crippen LogP contribution is -2.36. The third kappa shape index (κ3) is 3.51. The van der Waals surface area contributed by atoms with Gasteiger partial charge in [-0.1, -0.05) is 17.7 Å². The number of rotatable bonds is 4. The van der Waals surface area contributed by atoms with E-state index in [0.717, 1.165) is 49.5 Å². The van der Waals surface area contributed by atoms with Gasteiger partial charge in [0.1, 0.15) is 5.76 Å². The summed E-state index contributed by atoms with van der Waals surface area (Å²) in [6, 6.07) is 7.54. The molecule has 2 heterocycles. The molecule has 0 bridgehead atoms. The second-order valence-electron chi connectivity index (χ2n) is 5.96. The maximum Gasteiger partial charge on any atom is 0.226 e. The van der Waals surface area contributed by atoms with Crippen molar-refractivity contribution < 1.29 is 9.52 Å². The van der Waals surface area contributed by atoms with E-state index >= 15 is 0 Å². The Labute approximate surface area is 135 Å². The van der Waals surface area contributed by atoms with Gasteiger partial charge in [-0.25, -0.2) is 4.98 Å². The second-order valence-corrected chi connectivity index (χ2v) is 6.39. The largest absolute Gasteiger partial charge is 0.441 e. The predicted octanol–water partition coefficient (Wildman–Crippen LogP) is 3.51. The molecule has 22 heavy (non-hydrogen) atoms. The first-order valence-corrected chi connectivity index (χ1v) is 8.09. The third-order valence-electron chi connectivity index (χ3n) is 4.20. The molecule has 0 amide bonds. The molecule has 1 atom stereocenters. The van der Waals surface area contributed by atoms with Gasteiger partial charge in [-0.2, -0.15) is 0 Å². The van der Waals surface area contributed by atoms with Crippen LogP contribution in [0.2, 0.25) is 5.02 Å². The molecule has 2 aromatic rings. The van der Waals surface area contributed by atoms with Gasteiger partial charge in [0.25, 0.3) is 0 Å². The summed E-state index contributed by atoms with van der Waals surface area (Å²) in [5.41, 5.74) is 1.86. The number of aryl methyl sites for hydroxylation is 1. The molecular formula is C17H21ClN2O2. The number of oxazole rings is 1. The van der Waals surface area contributed by atoms with E-state index in [0.29, 0.717) is 16.8 Å². The Morgan fingerprint density at radius 1 is 1.45 bits per heavy atom. The van der Waals surface area contributed by atoms with E-state index in [-0.39, 0.29) is 6.61 Å². The Kier molecular flexibility index (Phi) is 4.81. The molecular weight excluding hydrogens is 300 g/mol. The standard InChI is InChI=1S/C17H21ClN2O2/c1-12-16(10-20-7-3-4-13(9-20)11-21)19-17(22-12)14-5-2-6-15(18)8-14/h2,5-6,8,13,21H,3-4,7,9-11H2,1H3/t13-/m1/s1. The topological polar surface area (TPSA) is 49.5 Å². The van der Waals surface area contributed by atoms with Crippen LogP contribution >= 0.6 is 11.6 Å². The van der Waals surface area contributed by atoms with E-state index in [4.69, 9.17) is 16.0 Å². The smallest absolute Gasteiger partial charge is 0.226 e. The van der Waals surface area contributed by atoms with Gasteiger partial charge in [-0.05, 0) is 50.4 Å². The van der Waals surface area contributed by atoms with Crippen molar-refractivity contribution >= 4 is 11.6 Å². The SMILES string of the molecule is Cc1oc(-c2cccc(Cl)c2)nc1CN1CCC[C@@H](CO)C1. The number of nitrogens with zero attached hydrogens (tertiary/aromatic N) is 2. The number of hydrogen-bond donors (Lipinski definition) is 1. The maximum atomic E-state index is 9.33. The van der Waals surface area contributed by atoms with Crippen molar-refractivity contribution in [2.24, 2.45) is 5.92 Å². The van der Waals surface area contributed by atoms with Crippen molar-refractivity contribution in [1.82, 2.24) is 9.88 Å². The van der Waals surface area contributed by atoms with Gasteiger partial charge in [0.15, 0.2) is 0 Å². The summed E-state index contributed by atoms with van der Waals surface area (Å²) in [5.74, 6) is 1.85. The molecule has 118 valence electrons. The number of halogens is 1. The summed E-state index contributed by atoms with van der Waals surface area (Å²) in [4.78, 5) is 6.98. The highest BCUT2D eigenvalue weighted by Crippen LogP contribution is 2.26. The number of aliphatic hydroxyl groups is 1. The molecule has 0 radical (unpaired) electrons. The number of hydrogen-bond acceptors (Lipinski definition) is 4. The molecule has 1 aromatic carbocycles. The van der Waals surface area contributed by atoms with Gasteiger partial charge in [-0.3, -0.25) is 4.90 Å². The lowest BCUT2D eigenvalue weighted by molar-refractivity contribution is 0.115. The van der Waals surface area contributed by atoms with Gasteiger partial charge < -0.3 is 9.52 Å². The van der Waals surface area contributed by atoms with Gasteiger partial charge in [0, 0.05) is 30.3 Å². The van der Waals surface area contributed by atoms with E-state index < -0.39 is 0 Å². The number of likely N-dealkylation sites (tertiary alicyclic amines) is 1. The third-order valence-corrected chi connectivity index (χ3v) is 4.43. The van der Waals surface area contributed by atoms with Crippen LogP contribution in [0.15, 0.2) is 28.7 Å². The summed E-state index contributed by atoms with van der Waals surface area (Å²) < 4.78 is 5.80. The van der Waals surface area contributed by atoms with Crippen LogP contribution in [0.1, 0.15) is 24.3 Å². The Hall–Kier alpha value is -1.36.